The van der Waals surface area contributed by atoms with Crippen molar-refractivity contribution in [2.24, 2.45) is 11.1 Å². The van der Waals surface area contributed by atoms with Crippen LogP contribution in [-0.4, -0.2) is 11.4 Å². The molecule has 0 spiro atoms. The van der Waals surface area contributed by atoms with Crippen molar-refractivity contribution < 1.29 is 5.21 Å². The molecule has 0 saturated carbocycles. The minimum absolute atomic E-state index is 0.568. The number of rotatable bonds is 3. The topological polar surface area (TPSA) is 32.6 Å². The standard InChI is InChI=1S/C15H17NO/c17-16-12-15-10-6-5-9-14(15)11-13-7-3-1-2-4-8-13/h1-3,5-7,9-10,12-13,17H,4,8,11H2/b16-12+. The Labute approximate surface area is 102 Å². The van der Waals surface area contributed by atoms with E-state index in [-0.39, 0.29) is 0 Å². The molecule has 2 heteroatoms. The van der Waals surface area contributed by atoms with Crippen molar-refractivity contribution in [1.29, 1.82) is 0 Å². The summed E-state index contributed by atoms with van der Waals surface area (Å²) in [5.74, 6) is 0.568. The molecule has 1 aliphatic carbocycles. The molecule has 0 aliphatic heterocycles. The van der Waals surface area contributed by atoms with Crippen molar-refractivity contribution in [3.8, 4) is 0 Å². The van der Waals surface area contributed by atoms with Gasteiger partial charge in [-0.25, -0.2) is 0 Å². The van der Waals surface area contributed by atoms with Crippen LogP contribution in [0, 0.1) is 5.92 Å². The van der Waals surface area contributed by atoms with Crippen LogP contribution < -0.4 is 0 Å². The lowest BCUT2D eigenvalue weighted by atomic mass is 9.93. The van der Waals surface area contributed by atoms with Crippen LogP contribution >= 0.6 is 0 Å². The summed E-state index contributed by atoms with van der Waals surface area (Å²) in [6.45, 7) is 0. The number of allylic oxidation sites excluding steroid dienone is 4. The minimum Gasteiger partial charge on any atom is -0.411 e. The van der Waals surface area contributed by atoms with Crippen molar-refractivity contribution in [2.45, 2.75) is 19.3 Å². The van der Waals surface area contributed by atoms with Crippen LogP contribution in [0.1, 0.15) is 24.0 Å². The molecule has 0 bridgehead atoms. The van der Waals surface area contributed by atoms with Crippen LogP contribution in [0.15, 0.2) is 53.7 Å². The Kier molecular flexibility index (Phi) is 4.14. The van der Waals surface area contributed by atoms with Crippen LogP contribution in [0.25, 0.3) is 0 Å². The van der Waals surface area contributed by atoms with Gasteiger partial charge in [0.15, 0.2) is 0 Å². The van der Waals surface area contributed by atoms with Crippen molar-refractivity contribution in [2.75, 3.05) is 0 Å². The highest BCUT2D eigenvalue weighted by Crippen LogP contribution is 2.20. The molecule has 2 rings (SSSR count). The molecule has 1 unspecified atom stereocenters. The number of oxime groups is 1. The van der Waals surface area contributed by atoms with Gasteiger partial charge in [0.25, 0.3) is 0 Å². The van der Waals surface area contributed by atoms with Crippen molar-refractivity contribution >= 4 is 6.21 Å². The summed E-state index contributed by atoms with van der Waals surface area (Å²) in [4.78, 5) is 0. The zero-order valence-corrected chi connectivity index (χ0v) is 9.79. The van der Waals surface area contributed by atoms with Crippen molar-refractivity contribution in [3.05, 3.63) is 59.7 Å². The number of hydrogen-bond acceptors (Lipinski definition) is 2. The lowest BCUT2D eigenvalue weighted by Gasteiger charge is -2.12. The molecule has 0 heterocycles. The molecule has 2 nitrogen and oxygen atoms in total. The second kappa shape index (κ2) is 6.04. The maximum atomic E-state index is 8.64. The zero-order valence-electron chi connectivity index (χ0n) is 9.79. The van der Waals surface area contributed by atoms with Crippen molar-refractivity contribution in [3.63, 3.8) is 0 Å². The molecule has 1 atom stereocenters. The lowest BCUT2D eigenvalue weighted by molar-refractivity contribution is 0.322. The Hall–Kier alpha value is -1.83. The van der Waals surface area contributed by atoms with Gasteiger partial charge in [-0.1, -0.05) is 53.7 Å². The van der Waals surface area contributed by atoms with Gasteiger partial charge in [-0.2, -0.15) is 0 Å². The van der Waals surface area contributed by atoms with E-state index in [2.05, 4.69) is 35.5 Å². The fourth-order valence-corrected chi connectivity index (χ4v) is 2.16. The molecule has 1 aromatic rings. The molecule has 17 heavy (non-hydrogen) atoms. The third kappa shape index (κ3) is 3.31. The van der Waals surface area contributed by atoms with E-state index in [9.17, 15) is 0 Å². The van der Waals surface area contributed by atoms with E-state index in [1.54, 1.807) is 0 Å². The molecule has 0 aromatic heterocycles. The maximum absolute atomic E-state index is 8.64. The second-order valence-electron chi connectivity index (χ2n) is 4.30. The van der Waals surface area contributed by atoms with Gasteiger partial charge in [0, 0.05) is 0 Å². The first-order valence-electron chi connectivity index (χ1n) is 5.99. The van der Waals surface area contributed by atoms with Crippen LogP contribution in [0.3, 0.4) is 0 Å². The molecule has 1 aromatic carbocycles. The molecular weight excluding hydrogens is 210 g/mol. The normalized spacial score (nSPS) is 19.6. The van der Waals surface area contributed by atoms with Gasteiger partial charge in [-0.05, 0) is 36.3 Å². The largest absolute Gasteiger partial charge is 0.411 e. The number of benzene rings is 1. The summed E-state index contributed by atoms with van der Waals surface area (Å²) in [5.41, 5.74) is 2.24. The van der Waals surface area contributed by atoms with Crippen LogP contribution in [0.5, 0.6) is 0 Å². The summed E-state index contributed by atoms with van der Waals surface area (Å²) >= 11 is 0. The molecule has 0 radical (unpaired) electrons. The van der Waals surface area contributed by atoms with Crippen LogP contribution in [0.4, 0.5) is 0 Å². The van der Waals surface area contributed by atoms with Crippen LogP contribution in [0.2, 0.25) is 0 Å². The molecule has 0 fully saturated rings. The van der Waals surface area contributed by atoms with Gasteiger partial charge < -0.3 is 5.21 Å². The average molecular weight is 227 g/mol. The first-order chi connectivity index (χ1) is 8.40. The smallest absolute Gasteiger partial charge is 0.0736 e. The Morgan fingerprint density at radius 3 is 3.06 bits per heavy atom. The second-order valence-corrected chi connectivity index (χ2v) is 4.30. The van der Waals surface area contributed by atoms with E-state index < -0.39 is 0 Å². The zero-order chi connectivity index (χ0) is 11.9. The Morgan fingerprint density at radius 1 is 1.29 bits per heavy atom. The highest BCUT2D eigenvalue weighted by atomic mass is 16.4. The van der Waals surface area contributed by atoms with Crippen molar-refractivity contribution in [1.82, 2.24) is 0 Å². The molecule has 0 saturated heterocycles. The maximum Gasteiger partial charge on any atom is 0.0736 e. The Bertz CT molecular complexity index is 446. The molecule has 0 amide bonds. The average Bonchev–Trinajstić information content (AvgIpc) is 2.61. The van der Waals surface area contributed by atoms with Gasteiger partial charge in [0.05, 0.1) is 6.21 Å². The highest BCUT2D eigenvalue weighted by Gasteiger charge is 2.09. The summed E-state index contributed by atoms with van der Waals surface area (Å²) in [6, 6.07) is 8.07. The fourth-order valence-electron chi connectivity index (χ4n) is 2.16. The molecular formula is C15H17NO. The van der Waals surface area contributed by atoms with Gasteiger partial charge >= 0.3 is 0 Å². The minimum atomic E-state index is 0.568. The van der Waals surface area contributed by atoms with E-state index in [0.717, 1.165) is 18.4 Å². The van der Waals surface area contributed by atoms with E-state index in [4.69, 9.17) is 5.21 Å². The van der Waals surface area contributed by atoms with Gasteiger partial charge in [-0.3, -0.25) is 0 Å². The monoisotopic (exact) mass is 227 g/mol. The summed E-state index contributed by atoms with van der Waals surface area (Å²) in [6.07, 6.45) is 13.5. The first-order valence-corrected chi connectivity index (χ1v) is 5.99. The number of hydrogen-bond donors (Lipinski definition) is 1. The van der Waals surface area contributed by atoms with Gasteiger partial charge in [0.2, 0.25) is 0 Å². The molecule has 1 aliphatic rings. The van der Waals surface area contributed by atoms with Gasteiger partial charge in [-0.15, -0.1) is 0 Å². The Balaban J connectivity index is 2.12. The van der Waals surface area contributed by atoms with E-state index in [0.29, 0.717) is 5.92 Å². The SMILES string of the molecule is O/N=C/c1ccccc1CC1C=CC=CCC1. The summed E-state index contributed by atoms with van der Waals surface area (Å²) in [5, 5.41) is 11.8. The van der Waals surface area contributed by atoms with Gasteiger partial charge in [0.1, 0.15) is 0 Å². The summed E-state index contributed by atoms with van der Waals surface area (Å²) in [7, 11) is 0. The molecule has 1 N–H and O–H groups in total. The Morgan fingerprint density at radius 2 is 2.18 bits per heavy atom. The third-order valence-electron chi connectivity index (χ3n) is 3.07. The number of nitrogens with zero attached hydrogens (tertiary/aromatic N) is 1. The third-order valence-corrected chi connectivity index (χ3v) is 3.07. The van der Waals surface area contributed by atoms with E-state index >= 15 is 0 Å². The fraction of sp³-hybridized carbons (Fsp3) is 0.267. The van der Waals surface area contributed by atoms with Crippen LogP contribution in [-0.2, 0) is 6.42 Å². The van der Waals surface area contributed by atoms with E-state index in [1.807, 2.05) is 18.2 Å². The molecule has 88 valence electrons. The predicted octanol–water partition coefficient (Wildman–Crippen LogP) is 3.56. The quantitative estimate of drug-likeness (QED) is 0.478. The predicted molar refractivity (Wildman–Crippen MR) is 70.5 cm³/mol. The highest BCUT2D eigenvalue weighted by molar-refractivity contribution is 5.81. The first kappa shape index (κ1) is 11.6. The lowest BCUT2D eigenvalue weighted by Crippen LogP contribution is -2.03. The van der Waals surface area contributed by atoms with E-state index in [1.165, 1.54) is 18.2 Å². The summed E-state index contributed by atoms with van der Waals surface area (Å²) < 4.78 is 0.